The van der Waals surface area contributed by atoms with Gasteiger partial charge in [0.1, 0.15) is 5.82 Å². The van der Waals surface area contributed by atoms with E-state index in [9.17, 15) is 4.79 Å². The lowest BCUT2D eigenvalue weighted by atomic mass is 10.2. The van der Waals surface area contributed by atoms with E-state index in [1.54, 1.807) is 6.92 Å². The van der Waals surface area contributed by atoms with Crippen LogP contribution < -0.4 is 5.32 Å². The quantitative estimate of drug-likeness (QED) is 0.784. The maximum Gasteiger partial charge on any atom is 0.254 e. The Morgan fingerprint density at radius 1 is 1.43 bits per heavy atom. The number of amides is 1. The molecule has 0 aliphatic heterocycles. The van der Waals surface area contributed by atoms with Crippen molar-refractivity contribution in [2.45, 2.75) is 20.8 Å². The van der Waals surface area contributed by atoms with E-state index < -0.39 is 0 Å². The van der Waals surface area contributed by atoms with E-state index in [1.807, 2.05) is 13.8 Å². The minimum Gasteiger partial charge on any atom is -0.352 e. The summed E-state index contributed by atoms with van der Waals surface area (Å²) in [5.74, 6) is 1.01. The first kappa shape index (κ1) is 10.6. The second kappa shape index (κ2) is 4.69. The zero-order chi connectivity index (χ0) is 10.6. The average molecular weight is 193 g/mol. The highest BCUT2D eigenvalue weighted by Gasteiger charge is 2.05. The van der Waals surface area contributed by atoms with Crippen molar-refractivity contribution in [3.63, 3.8) is 0 Å². The van der Waals surface area contributed by atoms with Gasteiger partial charge in [-0.25, -0.2) is 9.97 Å². The summed E-state index contributed by atoms with van der Waals surface area (Å²) in [7, 11) is 0. The van der Waals surface area contributed by atoms with E-state index in [0.29, 0.717) is 23.9 Å². The van der Waals surface area contributed by atoms with Crippen LogP contribution in [0.3, 0.4) is 0 Å². The molecule has 4 heteroatoms. The molecule has 0 spiro atoms. The summed E-state index contributed by atoms with van der Waals surface area (Å²) in [6.07, 6.45) is 3.08. The van der Waals surface area contributed by atoms with Gasteiger partial charge in [0.2, 0.25) is 0 Å². The van der Waals surface area contributed by atoms with Crippen LogP contribution in [0.2, 0.25) is 0 Å². The zero-order valence-corrected chi connectivity index (χ0v) is 8.74. The van der Waals surface area contributed by atoms with Crippen LogP contribution in [0.25, 0.3) is 0 Å². The smallest absolute Gasteiger partial charge is 0.254 e. The second-order valence-electron chi connectivity index (χ2n) is 3.62. The lowest BCUT2D eigenvalue weighted by Crippen LogP contribution is -2.27. The SMILES string of the molecule is Cc1ncc(C(=O)NCC(C)C)cn1. The van der Waals surface area contributed by atoms with Crippen molar-refractivity contribution in [3.05, 3.63) is 23.8 Å². The van der Waals surface area contributed by atoms with E-state index in [-0.39, 0.29) is 5.91 Å². The topological polar surface area (TPSA) is 54.9 Å². The van der Waals surface area contributed by atoms with Crippen LogP contribution in [-0.4, -0.2) is 22.4 Å². The summed E-state index contributed by atoms with van der Waals surface area (Å²) in [4.78, 5) is 19.4. The largest absolute Gasteiger partial charge is 0.352 e. The van der Waals surface area contributed by atoms with Crippen molar-refractivity contribution in [1.82, 2.24) is 15.3 Å². The standard InChI is InChI=1S/C10H15N3O/c1-7(2)4-13-10(14)9-5-11-8(3)12-6-9/h5-7H,4H2,1-3H3,(H,13,14). The summed E-state index contributed by atoms with van der Waals surface area (Å²) in [5, 5.41) is 2.80. The molecule has 0 bridgehead atoms. The van der Waals surface area contributed by atoms with Crippen LogP contribution in [0.15, 0.2) is 12.4 Å². The second-order valence-corrected chi connectivity index (χ2v) is 3.62. The highest BCUT2D eigenvalue weighted by molar-refractivity contribution is 5.93. The van der Waals surface area contributed by atoms with Gasteiger partial charge >= 0.3 is 0 Å². The van der Waals surface area contributed by atoms with Crippen molar-refractivity contribution >= 4 is 5.91 Å². The third kappa shape index (κ3) is 3.12. The molecule has 1 amide bonds. The molecule has 0 saturated heterocycles. The summed E-state index contributed by atoms with van der Waals surface area (Å²) in [6, 6.07) is 0. The van der Waals surface area contributed by atoms with Crippen molar-refractivity contribution < 1.29 is 4.79 Å². The monoisotopic (exact) mass is 193 g/mol. The fourth-order valence-electron chi connectivity index (χ4n) is 0.909. The average Bonchev–Trinajstić information content (AvgIpc) is 2.15. The fourth-order valence-corrected chi connectivity index (χ4v) is 0.909. The highest BCUT2D eigenvalue weighted by Crippen LogP contribution is 1.96. The molecular formula is C10H15N3O. The van der Waals surface area contributed by atoms with E-state index >= 15 is 0 Å². The Balaban J connectivity index is 2.57. The van der Waals surface area contributed by atoms with E-state index in [4.69, 9.17) is 0 Å². The predicted molar refractivity (Wildman–Crippen MR) is 53.9 cm³/mol. The Labute approximate surface area is 83.8 Å². The van der Waals surface area contributed by atoms with Gasteiger partial charge in [0.25, 0.3) is 5.91 Å². The molecule has 0 atom stereocenters. The molecule has 0 fully saturated rings. The summed E-state index contributed by atoms with van der Waals surface area (Å²) in [5.41, 5.74) is 0.510. The minimum absolute atomic E-state index is 0.112. The normalized spacial score (nSPS) is 10.3. The number of hydrogen-bond acceptors (Lipinski definition) is 3. The zero-order valence-electron chi connectivity index (χ0n) is 8.74. The first-order valence-corrected chi connectivity index (χ1v) is 4.66. The lowest BCUT2D eigenvalue weighted by Gasteiger charge is -2.06. The van der Waals surface area contributed by atoms with Gasteiger partial charge < -0.3 is 5.32 Å². The molecular weight excluding hydrogens is 178 g/mol. The van der Waals surface area contributed by atoms with Crippen molar-refractivity contribution in [2.75, 3.05) is 6.54 Å². The van der Waals surface area contributed by atoms with Gasteiger partial charge in [-0.2, -0.15) is 0 Å². The Morgan fingerprint density at radius 2 is 2.00 bits per heavy atom. The first-order chi connectivity index (χ1) is 6.59. The molecule has 0 unspecified atom stereocenters. The van der Waals surface area contributed by atoms with Gasteiger partial charge in [-0.15, -0.1) is 0 Å². The van der Waals surface area contributed by atoms with Crippen LogP contribution in [0.1, 0.15) is 30.0 Å². The Morgan fingerprint density at radius 3 is 2.50 bits per heavy atom. The molecule has 0 aliphatic carbocycles. The number of rotatable bonds is 3. The molecule has 1 aromatic rings. The lowest BCUT2D eigenvalue weighted by molar-refractivity contribution is 0.0948. The Hall–Kier alpha value is -1.45. The molecule has 14 heavy (non-hydrogen) atoms. The summed E-state index contributed by atoms with van der Waals surface area (Å²) >= 11 is 0. The minimum atomic E-state index is -0.112. The van der Waals surface area contributed by atoms with Gasteiger partial charge in [0.05, 0.1) is 5.56 Å². The van der Waals surface area contributed by atoms with Crippen molar-refractivity contribution in [2.24, 2.45) is 5.92 Å². The predicted octanol–water partition coefficient (Wildman–Crippen LogP) is 1.17. The fraction of sp³-hybridized carbons (Fsp3) is 0.500. The number of nitrogens with zero attached hydrogens (tertiary/aromatic N) is 2. The number of carbonyl (C=O) groups is 1. The molecule has 4 nitrogen and oxygen atoms in total. The molecule has 1 rings (SSSR count). The number of nitrogens with one attached hydrogen (secondary N) is 1. The van der Waals surface area contributed by atoms with Crippen LogP contribution in [0.5, 0.6) is 0 Å². The summed E-state index contributed by atoms with van der Waals surface area (Å²) < 4.78 is 0. The Kier molecular flexibility index (Phi) is 3.56. The van der Waals surface area contributed by atoms with Gasteiger partial charge in [0.15, 0.2) is 0 Å². The maximum atomic E-state index is 11.5. The number of aromatic nitrogens is 2. The van der Waals surface area contributed by atoms with E-state index in [1.165, 1.54) is 12.4 Å². The van der Waals surface area contributed by atoms with Gasteiger partial charge in [-0.1, -0.05) is 13.8 Å². The van der Waals surface area contributed by atoms with E-state index in [0.717, 1.165) is 0 Å². The number of hydrogen-bond donors (Lipinski definition) is 1. The molecule has 0 aliphatic rings. The van der Waals surface area contributed by atoms with Crippen LogP contribution in [-0.2, 0) is 0 Å². The third-order valence-corrected chi connectivity index (χ3v) is 1.71. The molecule has 0 aromatic carbocycles. The molecule has 76 valence electrons. The summed E-state index contributed by atoms with van der Waals surface area (Å²) in [6.45, 7) is 6.56. The number of aryl methyl sites for hydroxylation is 1. The van der Waals surface area contributed by atoms with Gasteiger partial charge in [0, 0.05) is 18.9 Å². The number of carbonyl (C=O) groups excluding carboxylic acids is 1. The van der Waals surface area contributed by atoms with Crippen molar-refractivity contribution in [1.29, 1.82) is 0 Å². The van der Waals surface area contributed by atoms with Crippen LogP contribution in [0, 0.1) is 12.8 Å². The van der Waals surface area contributed by atoms with Crippen LogP contribution >= 0.6 is 0 Å². The van der Waals surface area contributed by atoms with Crippen LogP contribution in [0.4, 0.5) is 0 Å². The third-order valence-electron chi connectivity index (χ3n) is 1.71. The molecule has 1 aromatic heterocycles. The van der Waals surface area contributed by atoms with Crippen molar-refractivity contribution in [3.8, 4) is 0 Å². The molecule has 0 radical (unpaired) electrons. The maximum absolute atomic E-state index is 11.5. The molecule has 0 saturated carbocycles. The Bertz CT molecular complexity index is 306. The first-order valence-electron chi connectivity index (χ1n) is 4.66. The van der Waals surface area contributed by atoms with Gasteiger partial charge in [-0.05, 0) is 12.8 Å². The van der Waals surface area contributed by atoms with Gasteiger partial charge in [-0.3, -0.25) is 4.79 Å². The molecule has 1 N–H and O–H groups in total. The molecule has 1 heterocycles. The van der Waals surface area contributed by atoms with E-state index in [2.05, 4.69) is 15.3 Å². The highest BCUT2D eigenvalue weighted by atomic mass is 16.1.